The van der Waals surface area contributed by atoms with Gasteiger partial charge < -0.3 is 15.5 Å². The highest BCUT2D eigenvalue weighted by Crippen LogP contribution is 2.39. The van der Waals surface area contributed by atoms with Crippen LogP contribution in [0.2, 0.25) is 0 Å². The van der Waals surface area contributed by atoms with Gasteiger partial charge in [0.15, 0.2) is 5.96 Å². The highest BCUT2D eigenvalue weighted by molar-refractivity contribution is 14.0. The molecule has 8 nitrogen and oxygen atoms in total. The van der Waals surface area contributed by atoms with Crippen molar-refractivity contribution in [3.63, 3.8) is 0 Å². The van der Waals surface area contributed by atoms with Crippen molar-refractivity contribution in [1.29, 1.82) is 0 Å². The molecule has 0 atom stereocenters. The largest absolute Gasteiger partial charge is 0.357 e. The molecule has 0 aromatic heterocycles. The monoisotopic (exact) mass is 557 g/mol. The van der Waals surface area contributed by atoms with E-state index in [9.17, 15) is 13.2 Å². The molecular weight excluding hydrogens is 517 g/mol. The number of carbonyl (C=O) groups excluding carboxylic acids is 1. The average molecular weight is 558 g/mol. The van der Waals surface area contributed by atoms with Crippen LogP contribution >= 0.6 is 24.0 Å². The molecule has 1 heterocycles. The van der Waals surface area contributed by atoms with Crippen LogP contribution in [-0.2, 0) is 14.8 Å². The minimum absolute atomic E-state index is 0. The predicted octanol–water partition coefficient (Wildman–Crippen LogP) is 2.01. The number of hydrogen-bond donors (Lipinski definition) is 2. The van der Waals surface area contributed by atoms with Gasteiger partial charge in [-0.1, -0.05) is 19.8 Å². The van der Waals surface area contributed by atoms with Gasteiger partial charge in [0.05, 0.1) is 17.7 Å². The Morgan fingerprint density at radius 1 is 1.17 bits per heavy atom. The SMILES string of the molecule is CCCS(=O)(=O)N1CCC(NC(=NCC2(C(=O)N(C)C)CCCC2)NCC)CC1.I. The number of sulfonamides is 1. The van der Waals surface area contributed by atoms with Gasteiger partial charge in [0, 0.05) is 39.8 Å². The molecule has 176 valence electrons. The summed E-state index contributed by atoms with van der Waals surface area (Å²) in [5, 5.41) is 6.75. The fraction of sp³-hybridized carbons (Fsp3) is 0.900. The van der Waals surface area contributed by atoms with E-state index in [1.165, 1.54) is 0 Å². The normalized spacial score (nSPS) is 20.5. The Morgan fingerprint density at radius 3 is 2.27 bits per heavy atom. The number of aliphatic imine (C=N–C) groups is 1. The zero-order valence-electron chi connectivity index (χ0n) is 18.9. The van der Waals surface area contributed by atoms with Gasteiger partial charge in [-0.15, -0.1) is 24.0 Å². The third-order valence-electron chi connectivity index (χ3n) is 5.95. The number of nitrogens with zero attached hydrogens (tertiary/aromatic N) is 3. The third-order valence-corrected chi connectivity index (χ3v) is 8.03. The fourth-order valence-electron chi connectivity index (χ4n) is 4.37. The Bertz CT molecular complexity index is 670. The molecule has 2 fully saturated rings. The lowest BCUT2D eigenvalue weighted by Crippen LogP contribution is -2.50. The van der Waals surface area contributed by atoms with Crippen molar-refractivity contribution in [2.45, 2.75) is 64.8 Å². The van der Waals surface area contributed by atoms with Crippen LogP contribution in [0.15, 0.2) is 4.99 Å². The lowest BCUT2D eigenvalue weighted by Gasteiger charge is -2.33. The minimum Gasteiger partial charge on any atom is -0.357 e. The lowest BCUT2D eigenvalue weighted by molar-refractivity contribution is -0.138. The summed E-state index contributed by atoms with van der Waals surface area (Å²) < 4.78 is 26.1. The number of carbonyl (C=O) groups is 1. The van der Waals surface area contributed by atoms with E-state index in [0.29, 0.717) is 26.1 Å². The van der Waals surface area contributed by atoms with E-state index in [0.717, 1.165) is 51.0 Å². The molecule has 0 unspecified atom stereocenters. The maximum absolute atomic E-state index is 12.8. The van der Waals surface area contributed by atoms with Crippen LogP contribution in [0.3, 0.4) is 0 Å². The summed E-state index contributed by atoms with van der Waals surface area (Å²) in [5.41, 5.74) is -0.385. The van der Waals surface area contributed by atoms with Gasteiger partial charge in [-0.2, -0.15) is 0 Å². The molecular formula is C20H40IN5O3S. The summed E-state index contributed by atoms with van der Waals surface area (Å²) in [6.45, 7) is 6.23. The smallest absolute Gasteiger partial charge is 0.230 e. The third kappa shape index (κ3) is 7.22. The van der Waals surface area contributed by atoms with Crippen molar-refractivity contribution in [2.75, 3.05) is 46.0 Å². The van der Waals surface area contributed by atoms with Crippen molar-refractivity contribution < 1.29 is 13.2 Å². The zero-order chi connectivity index (χ0) is 21.5. The van der Waals surface area contributed by atoms with Gasteiger partial charge in [-0.3, -0.25) is 9.79 Å². The summed E-state index contributed by atoms with van der Waals surface area (Å²) in [4.78, 5) is 19.2. The van der Waals surface area contributed by atoms with E-state index in [1.54, 1.807) is 9.21 Å². The molecule has 2 aliphatic rings. The molecule has 0 aromatic carbocycles. The number of piperidine rings is 1. The van der Waals surface area contributed by atoms with Crippen LogP contribution in [-0.4, -0.2) is 81.6 Å². The summed E-state index contributed by atoms with van der Waals surface area (Å²) >= 11 is 0. The Kier molecular flexibility index (Phi) is 11.4. The quantitative estimate of drug-likeness (QED) is 0.271. The summed E-state index contributed by atoms with van der Waals surface area (Å²) in [6, 6.07) is 0.185. The summed E-state index contributed by atoms with van der Waals surface area (Å²) in [7, 11) is 0.506. The van der Waals surface area contributed by atoms with Gasteiger partial charge in [0.1, 0.15) is 0 Å². The first kappa shape index (κ1) is 27.4. The maximum Gasteiger partial charge on any atom is 0.230 e. The van der Waals surface area contributed by atoms with Crippen LogP contribution in [0.1, 0.15) is 58.8 Å². The van der Waals surface area contributed by atoms with E-state index in [2.05, 4.69) is 10.6 Å². The maximum atomic E-state index is 12.8. The molecule has 0 spiro atoms. The first-order chi connectivity index (χ1) is 13.7. The summed E-state index contributed by atoms with van der Waals surface area (Å²) in [5.74, 6) is 1.11. The van der Waals surface area contributed by atoms with Crippen molar-refractivity contribution in [3.05, 3.63) is 0 Å². The van der Waals surface area contributed by atoms with Crippen LogP contribution < -0.4 is 10.6 Å². The van der Waals surface area contributed by atoms with Gasteiger partial charge in [0.25, 0.3) is 0 Å². The molecule has 10 heteroatoms. The second kappa shape index (κ2) is 12.4. The molecule has 0 radical (unpaired) electrons. The second-order valence-electron chi connectivity index (χ2n) is 8.52. The molecule has 2 N–H and O–H groups in total. The first-order valence-corrected chi connectivity index (χ1v) is 12.6. The Labute approximate surface area is 199 Å². The molecule has 0 bridgehead atoms. The Morgan fingerprint density at radius 2 is 1.77 bits per heavy atom. The highest BCUT2D eigenvalue weighted by atomic mass is 127. The zero-order valence-corrected chi connectivity index (χ0v) is 22.1. The van der Waals surface area contributed by atoms with Crippen LogP contribution in [0.4, 0.5) is 0 Å². The molecule has 1 amide bonds. The van der Waals surface area contributed by atoms with Gasteiger partial charge in [0.2, 0.25) is 15.9 Å². The first-order valence-electron chi connectivity index (χ1n) is 11.0. The van der Waals surface area contributed by atoms with Crippen molar-refractivity contribution in [1.82, 2.24) is 19.8 Å². The van der Waals surface area contributed by atoms with Crippen LogP contribution in [0.5, 0.6) is 0 Å². The van der Waals surface area contributed by atoms with E-state index in [4.69, 9.17) is 4.99 Å². The average Bonchev–Trinajstić information content (AvgIpc) is 3.16. The Balaban J connectivity index is 0.00000450. The number of hydrogen-bond acceptors (Lipinski definition) is 4. The van der Waals surface area contributed by atoms with Crippen LogP contribution in [0.25, 0.3) is 0 Å². The predicted molar refractivity (Wildman–Crippen MR) is 133 cm³/mol. The number of rotatable bonds is 8. The minimum atomic E-state index is -3.13. The summed E-state index contributed by atoms with van der Waals surface area (Å²) in [6.07, 6.45) is 6.09. The molecule has 1 aliphatic heterocycles. The van der Waals surface area contributed by atoms with E-state index < -0.39 is 10.0 Å². The van der Waals surface area contributed by atoms with E-state index >= 15 is 0 Å². The molecule has 2 rings (SSSR count). The number of nitrogens with one attached hydrogen (secondary N) is 2. The van der Waals surface area contributed by atoms with Crippen molar-refractivity contribution >= 4 is 45.9 Å². The topological polar surface area (TPSA) is 94.1 Å². The van der Waals surface area contributed by atoms with Crippen molar-refractivity contribution in [2.24, 2.45) is 10.4 Å². The van der Waals surface area contributed by atoms with E-state index in [-0.39, 0.29) is 47.1 Å². The molecule has 1 saturated heterocycles. The van der Waals surface area contributed by atoms with Gasteiger partial charge >= 0.3 is 0 Å². The van der Waals surface area contributed by atoms with Crippen LogP contribution in [0, 0.1) is 5.41 Å². The number of amides is 1. The molecule has 1 aliphatic carbocycles. The Hall–Kier alpha value is -0.620. The fourth-order valence-corrected chi connectivity index (χ4v) is 5.92. The number of guanidine groups is 1. The van der Waals surface area contributed by atoms with Crippen molar-refractivity contribution in [3.8, 4) is 0 Å². The van der Waals surface area contributed by atoms with Gasteiger partial charge in [-0.25, -0.2) is 12.7 Å². The van der Waals surface area contributed by atoms with E-state index in [1.807, 2.05) is 27.9 Å². The molecule has 30 heavy (non-hydrogen) atoms. The standard InChI is InChI=1S/C20H39N5O3S.HI/c1-5-15-29(27,28)25-13-9-17(10-14-25)23-19(21-6-2)22-16-20(11-7-8-12-20)18(26)24(3)4;/h17H,5-16H2,1-4H3,(H2,21,22,23);1H. The second-order valence-corrected chi connectivity index (χ2v) is 10.6. The number of halogens is 1. The lowest BCUT2D eigenvalue weighted by atomic mass is 9.85. The highest BCUT2D eigenvalue weighted by Gasteiger charge is 2.42. The molecule has 1 saturated carbocycles. The van der Waals surface area contributed by atoms with Gasteiger partial charge in [-0.05, 0) is 39.0 Å². The molecule has 0 aromatic rings.